The van der Waals surface area contributed by atoms with Crippen LogP contribution in [-0.2, 0) is 10.8 Å². The molecule has 19 aromatic rings. The summed E-state index contributed by atoms with van der Waals surface area (Å²) in [4.78, 5) is 4.64. The van der Waals surface area contributed by atoms with E-state index in [1.807, 2.05) is 0 Å². The van der Waals surface area contributed by atoms with Gasteiger partial charge in [0.15, 0.2) is 0 Å². The molecule has 21 rings (SSSR count). The maximum atomic E-state index is 6.75. The van der Waals surface area contributed by atoms with E-state index in [0.29, 0.717) is 0 Å². The molecule has 508 valence electrons. The van der Waals surface area contributed by atoms with Gasteiger partial charge in [-0.2, -0.15) is 0 Å². The van der Waals surface area contributed by atoms with Crippen LogP contribution in [0, 0.1) is 0 Å². The zero-order valence-corrected chi connectivity index (χ0v) is 59.1. The summed E-state index contributed by atoms with van der Waals surface area (Å²) in [5.74, 6) is 0. The fourth-order valence-electron chi connectivity index (χ4n) is 17.5. The molecule has 0 aliphatic heterocycles. The van der Waals surface area contributed by atoms with E-state index in [1.54, 1.807) is 0 Å². The number of rotatable bonds is 13. The number of benzene rings is 17. The molecule has 0 saturated heterocycles. The number of hydrogen-bond donors (Lipinski definition) is 0. The van der Waals surface area contributed by atoms with Crippen LogP contribution < -0.4 is 9.80 Å². The monoisotopic (exact) mass is 1380 g/mol. The summed E-state index contributed by atoms with van der Waals surface area (Å²) in [6.07, 6.45) is 0. The van der Waals surface area contributed by atoms with E-state index < -0.39 is 10.8 Å². The smallest absolute Gasteiger partial charge is 0.137 e. The second-order valence-corrected chi connectivity index (χ2v) is 28.2. The Morgan fingerprint density at radius 1 is 0.167 bits per heavy atom. The molecule has 0 unspecified atom stereocenters. The summed E-state index contributed by atoms with van der Waals surface area (Å²) in [5.41, 5.74) is 31.4. The highest BCUT2D eigenvalue weighted by atomic mass is 16.3. The van der Waals surface area contributed by atoms with Gasteiger partial charge in [0.25, 0.3) is 0 Å². The fourth-order valence-corrected chi connectivity index (χ4v) is 17.5. The van der Waals surface area contributed by atoms with Gasteiger partial charge in [0, 0.05) is 67.8 Å². The largest absolute Gasteiger partial charge is 0.456 e. The molecule has 2 aromatic heterocycles. The quantitative estimate of drug-likeness (QED) is 0.115. The molecular formula is C104H70N2O2. The van der Waals surface area contributed by atoms with Gasteiger partial charge in [-0.3, -0.25) is 0 Å². The maximum Gasteiger partial charge on any atom is 0.137 e. The van der Waals surface area contributed by atoms with Gasteiger partial charge in [-0.05, 0) is 197 Å². The zero-order valence-electron chi connectivity index (χ0n) is 59.1. The number of furan rings is 2. The Balaban J connectivity index is 0.000000143. The highest BCUT2D eigenvalue weighted by Gasteiger charge is 2.48. The van der Waals surface area contributed by atoms with E-state index in [9.17, 15) is 0 Å². The van der Waals surface area contributed by atoms with Gasteiger partial charge in [0.2, 0.25) is 0 Å². The first kappa shape index (κ1) is 63.6. The first-order valence-corrected chi connectivity index (χ1v) is 37.1. The number of para-hydroxylation sites is 1. The molecule has 0 N–H and O–H groups in total. The molecule has 4 nitrogen and oxygen atoms in total. The molecule has 17 aromatic carbocycles. The lowest BCUT2D eigenvalue weighted by molar-refractivity contribution is 0.667. The molecule has 4 heteroatoms. The number of anilines is 6. The predicted octanol–water partition coefficient (Wildman–Crippen LogP) is 27.8. The third-order valence-corrected chi connectivity index (χ3v) is 22.3. The molecule has 0 bridgehead atoms. The Morgan fingerprint density at radius 2 is 0.454 bits per heavy atom. The van der Waals surface area contributed by atoms with Gasteiger partial charge < -0.3 is 18.6 Å². The van der Waals surface area contributed by atoms with E-state index >= 15 is 0 Å². The van der Waals surface area contributed by atoms with Crippen molar-refractivity contribution in [3.8, 4) is 55.6 Å². The molecule has 0 fully saturated rings. The lowest BCUT2D eigenvalue weighted by Crippen LogP contribution is -2.28. The SMILES string of the molecule is c1ccc(-c2ccc(N(c3cccc(-c4ccccc4)c3)c3ccc4c(c3)oc3ccc(C5(c6ccccc6)c6ccccc6-c6ccccc65)cc34)cc2)cc1.c1ccc(-c2cccc(N(c3ccccc3)c3ccc4c(c3)oc3ccc(C5(c6ccccc6)c6ccccc6-c6ccccc65)cc34)c2)cc1. The summed E-state index contributed by atoms with van der Waals surface area (Å²) in [7, 11) is 0. The second-order valence-electron chi connectivity index (χ2n) is 28.2. The molecule has 0 atom stereocenters. The molecule has 2 heterocycles. The van der Waals surface area contributed by atoms with Crippen molar-refractivity contribution in [2.75, 3.05) is 9.80 Å². The lowest BCUT2D eigenvalue weighted by Gasteiger charge is -2.33. The summed E-state index contributed by atoms with van der Waals surface area (Å²) < 4.78 is 13.4. The molecule has 2 aliphatic carbocycles. The first-order valence-electron chi connectivity index (χ1n) is 37.1. The van der Waals surface area contributed by atoms with Crippen LogP contribution in [0.4, 0.5) is 34.1 Å². The number of hydrogen-bond acceptors (Lipinski definition) is 4. The van der Waals surface area contributed by atoms with Crippen molar-refractivity contribution in [3.63, 3.8) is 0 Å². The van der Waals surface area contributed by atoms with Gasteiger partial charge in [-0.1, -0.05) is 315 Å². The van der Waals surface area contributed by atoms with Crippen molar-refractivity contribution >= 4 is 78.0 Å². The van der Waals surface area contributed by atoms with Crippen LogP contribution in [0.1, 0.15) is 44.5 Å². The molecule has 108 heavy (non-hydrogen) atoms. The number of nitrogens with zero attached hydrogens (tertiary/aromatic N) is 2. The van der Waals surface area contributed by atoms with Crippen molar-refractivity contribution in [1.29, 1.82) is 0 Å². The van der Waals surface area contributed by atoms with Crippen LogP contribution in [0.15, 0.2) is 433 Å². The van der Waals surface area contributed by atoms with Crippen LogP contribution >= 0.6 is 0 Å². The average Bonchev–Trinajstić information content (AvgIpc) is 1.54. The topological polar surface area (TPSA) is 32.8 Å². The summed E-state index contributed by atoms with van der Waals surface area (Å²) in [6, 6.07) is 153. The van der Waals surface area contributed by atoms with Gasteiger partial charge in [0.05, 0.1) is 10.8 Å². The van der Waals surface area contributed by atoms with Crippen LogP contribution in [-0.4, -0.2) is 0 Å². The maximum absolute atomic E-state index is 6.75. The van der Waals surface area contributed by atoms with E-state index in [4.69, 9.17) is 8.83 Å². The Labute approximate surface area is 628 Å². The highest BCUT2D eigenvalue weighted by molar-refractivity contribution is 6.09. The molecular weight excluding hydrogens is 1310 g/mol. The van der Waals surface area contributed by atoms with Gasteiger partial charge in [0.1, 0.15) is 22.3 Å². The minimum Gasteiger partial charge on any atom is -0.456 e. The summed E-state index contributed by atoms with van der Waals surface area (Å²) in [6.45, 7) is 0. The van der Waals surface area contributed by atoms with E-state index in [0.717, 1.165) is 78.0 Å². The Morgan fingerprint density at radius 3 is 0.843 bits per heavy atom. The van der Waals surface area contributed by atoms with Crippen molar-refractivity contribution in [2.24, 2.45) is 0 Å². The minimum absolute atomic E-state index is 0.458. The van der Waals surface area contributed by atoms with Gasteiger partial charge in [-0.15, -0.1) is 0 Å². The molecule has 0 saturated carbocycles. The Hall–Kier alpha value is -14.1. The predicted molar refractivity (Wildman–Crippen MR) is 448 cm³/mol. The van der Waals surface area contributed by atoms with Crippen LogP contribution in [0.25, 0.3) is 99.5 Å². The summed E-state index contributed by atoms with van der Waals surface area (Å²) >= 11 is 0. The van der Waals surface area contributed by atoms with Crippen molar-refractivity contribution in [1.82, 2.24) is 0 Å². The number of fused-ring (bicyclic) bond motifs is 12. The summed E-state index contributed by atoms with van der Waals surface area (Å²) in [5, 5.41) is 4.42. The highest BCUT2D eigenvalue weighted by Crippen LogP contribution is 2.59. The molecule has 0 amide bonds. The van der Waals surface area contributed by atoms with Crippen molar-refractivity contribution in [2.45, 2.75) is 10.8 Å². The molecule has 0 radical (unpaired) electrons. The van der Waals surface area contributed by atoms with E-state index in [2.05, 4.69) is 434 Å². The van der Waals surface area contributed by atoms with Crippen molar-refractivity contribution < 1.29 is 8.83 Å². The van der Waals surface area contributed by atoms with Gasteiger partial charge in [-0.25, -0.2) is 0 Å². The van der Waals surface area contributed by atoms with E-state index in [1.165, 1.54) is 100 Å². The van der Waals surface area contributed by atoms with Gasteiger partial charge >= 0.3 is 0 Å². The van der Waals surface area contributed by atoms with Crippen LogP contribution in [0.5, 0.6) is 0 Å². The first-order chi connectivity index (χ1) is 53.5. The van der Waals surface area contributed by atoms with Crippen LogP contribution in [0.3, 0.4) is 0 Å². The lowest BCUT2D eigenvalue weighted by atomic mass is 9.67. The van der Waals surface area contributed by atoms with Crippen molar-refractivity contribution in [3.05, 3.63) is 469 Å². The third kappa shape index (κ3) is 10.6. The standard InChI is InChI=1S/C55H37NO.C49H33NO/c1-4-15-38(16-5-1)40-27-30-44(31-28-40)56(45-22-14-19-41(35-45)39-17-6-2-7-18-39)46-32-33-49-50-36-43(29-34-53(50)57-54(49)37-46)55(42-20-8-3-9-21-42)51-25-12-10-23-47(51)48-24-11-13-26-52(48)55;1-4-15-34(16-5-1)35-17-14-22-39(31-35)50(38-20-8-3-9-21-38)40-28-29-43-44-32-37(27-30-47(44)51-48(43)33-40)49(36-18-6-2-7-19-36)45-25-12-10-23-41(45)42-24-11-13-26-46(42)49/h1-37H;1-33H. The van der Waals surface area contributed by atoms with Crippen LogP contribution in [0.2, 0.25) is 0 Å². The second kappa shape index (κ2) is 26.6. The average molecular weight is 1380 g/mol. The normalized spacial score (nSPS) is 12.8. The Kier molecular flexibility index (Phi) is 15.7. The fraction of sp³-hybridized carbons (Fsp3) is 0.0192. The van der Waals surface area contributed by atoms with E-state index in [-0.39, 0.29) is 0 Å². The molecule has 2 aliphatic rings. The molecule has 0 spiro atoms. The third-order valence-electron chi connectivity index (χ3n) is 22.3. The minimum atomic E-state index is -0.474. The Bertz CT molecular complexity index is 6460. The zero-order chi connectivity index (χ0) is 71.5.